The zero-order chi connectivity index (χ0) is 16.2. The van der Waals surface area contributed by atoms with Gasteiger partial charge in [0.1, 0.15) is 17.2 Å². The van der Waals surface area contributed by atoms with Crippen LogP contribution >= 0.6 is 0 Å². The van der Waals surface area contributed by atoms with E-state index in [1.54, 1.807) is 43.5 Å². The van der Waals surface area contributed by atoms with E-state index in [0.29, 0.717) is 11.5 Å². The Morgan fingerprint density at radius 3 is 1.82 bits per heavy atom. The summed E-state index contributed by atoms with van der Waals surface area (Å²) in [5.41, 5.74) is 0.229. The van der Waals surface area contributed by atoms with Gasteiger partial charge in [0.25, 0.3) is 5.91 Å². The SMILES string of the molecule is COc1ccc(Oc2ccc(C(=O)NS(C)(=O)=O)cc2)cc1. The van der Waals surface area contributed by atoms with Crippen molar-refractivity contribution in [2.45, 2.75) is 0 Å². The highest BCUT2D eigenvalue weighted by Gasteiger charge is 2.11. The molecule has 0 aliphatic heterocycles. The number of rotatable bonds is 5. The second-order valence-electron chi connectivity index (χ2n) is 4.51. The second kappa shape index (κ2) is 6.48. The van der Waals surface area contributed by atoms with Gasteiger partial charge in [-0.2, -0.15) is 0 Å². The van der Waals surface area contributed by atoms with Crippen LogP contribution in [-0.2, 0) is 10.0 Å². The van der Waals surface area contributed by atoms with Crippen molar-refractivity contribution >= 4 is 15.9 Å². The van der Waals surface area contributed by atoms with Crippen LogP contribution < -0.4 is 14.2 Å². The Bertz CT molecular complexity index is 752. The molecule has 7 heteroatoms. The predicted octanol–water partition coefficient (Wildman–Crippen LogP) is 2.18. The summed E-state index contributed by atoms with van der Waals surface area (Å²) in [5, 5.41) is 0. The van der Waals surface area contributed by atoms with Crippen LogP contribution in [0.4, 0.5) is 0 Å². The largest absolute Gasteiger partial charge is 0.497 e. The van der Waals surface area contributed by atoms with Crippen LogP contribution in [0.1, 0.15) is 10.4 Å². The third kappa shape index (κ3) is 4.49. The lowest BCUT2D eigenvalue weighted by molar-refractivity contribution is 0.0981. The number of carbonyl (C=O) groups is 1. The van der Waals surface area contributed by atoms with Crippen LogP contribution in [0.25, 0.3) is 0 Å². The third-order valence-corrected chi connectivity index (χ3v) is 3.25. The fraction of sp³-hybridized carbons (Fsp3) is 0.133. The first-order valence-corrected chi connectivity index (χ1v) is 8.20. The van der Waals surface area contributed by atoms with Gasteiger partial charge in [-0.25, -0.2) is 13.1 Å². The summed E-state index contributed by atoms with van der Waals surface area (Å²) in [6, 6.07) is 13.2. The van der Waals surface area contributed by atoms with Gasteiger partial charge < -0.3 is 9.47 Å². The first-order chi connectivity index (χ1) is 10.4. The number of ether oxygens (including phenoxy) is 2. The van der Waals surface area contributed by atoms with Crippen molar-refractivity contribution < 1.29 is 22.7 Å². The molecule has 0 radical (unpaired) electrons. The zero-order valence-corrected chi connectivity index (χ0v) is 12.9. The van der Waals surface area contributed by atoms with Crippen LogP contribution in [0.2, 0.25) is 0 Å². The smallest absolute Gasteiger partial charge is 0.264 e. The Labute approximate surface area is 128 Å². The Morgan fingerprint density at radius 1 is 0.909 bits per heavy atom. The van der Waals surface area contributed by atoms with Gasteiger partial charge in [0.2, 0.25) is 10.0 Å². The molecule has 6 nitrogen and oxygen atoms in total. The molecule has 0 aliphatic carbocycles. The fourth-order valence-corrected chi connectivity index (χ4v) is 2.14. The Morgan fingerprint density at radius 2 is 1.36 bits per heavy atom. The molecule has 1 amide bonds. The Balaban J connectivity index is 2.06. The quantitative estimate of drug-likeness (QED) is 0.913. The lowest BCUT2D eigenvalue weighted by Gasteiger charge is -2.07. The molecular formula is C15H15NO5S. The number of carbonyl (C=O) groups excluding carboxylic acids is 1. The van der Waals surface area contributed by atoms with Crippen molar-refractivity contribution in [2.75, 3.05) is 13.4 Å². The Kier molecular flexibility index (Phi) is 4.67. The molecule has 0 heterocycles. The van der Waals surface area contributed by atoms with Crippen molar-refractivity contribution in [2.24, 2.45) is 0 Å². The summed E-state index contributed by atoms with van der Waals surface area (Å²) in [7, 11) is -2.00. The number of hydrogen-bond donors (Lipinski definition) is 1. The van der Waals surface area contributed by atoms with Crippen molar-refractivity contribution in [3.05, 3.63) is 54.1 Å². The molecule has 0 bridgehead atoms. The van der Waals surface area contributed by atoms with Crippen LogP contribution in [-0.4, -0.2) is 27.7 Å². The molecule has 0 unspecified atom stereocenters. The molecule has 116 valence electrons. The third-order valence-electron chi connectivity index (χ3n) is 2.69. The van der Waals surface area contributed by atoms with Gasteiger partial charge >= 0.3 is 0 Å². The van der Waals surface area contributed by atoms with Gasteiger partial charge in [0.15, 0.2) is 0 Å². The highest BCUT2D eigenvalue weighted by molar-refractivity contribution is 7.89. The minimum atomic E-state index is -3.58. The Hall–Kier alpha value is -2.54. The summed E-state index contributed by atoms with van der Waals surface area (Å²) in [5.74, 6) is 1.19. The van der Waals surface area contributed by atoms with Crippen molar-refractivity contribution in [1.82, 2.24) is 4.72 Å². The normalized spacial score (nSPS) is 10.8. The summed E-state index contributed by atoms with van der Waals surface area (Å²) in [6.45, 7) is 0. The lowest BCUT2D eigenvalue weighted by Crippen LogP contribution is -2.29. The molecule has 0 aromatic heterocycles. The van der Waals surface area contributed by atoms with Crippen LogP contribution in [0.5, 0.6) is 17.2 Å². The van der Waals surface area contributed by atoms with Crippen LogP contribution in [0, 0.1) is 0 Å². The molecule has 22 heavy (non-hydrogen) atoms. The van der Waals surface area contributed by atoms with Gasteiger partial charge in [-0.1, -0.05) is 0 Å². The zero-order valence-electron chi connectivity index (χ0n) is 12.1. The highest BCUT2D eigenvalue weighted by Crippen LogP contribution is 2.23. The van der Waals surface area contributed by atoms with Gasteiger partial charge in [-0.3, -0.25) is 4.79 Å². The van der Waals surface area contributed by atoms with E-state index >= 15 is 0 Å². The number of amides is 1. The highest BCUT2D eigenvalue weighted by atomic mass is 32.2. The maximum absolute atomic E-state index is 11.7. The predicted molar refractivity (Wildman–Crippen MR) is 81.8 cm³/mol. The maximum atomic E-state index is 11.7. The number of benzene rings is 2. The lowest BCUT2D eigenvalue weighted by atomic mass is 10.2. The van der Waals surface area contributed by atoms with Gasteiger partial charge in [0.05, 0.1) is 13.4 Å². The molecule has 1 N–H and O–H groups in total. The van der Waals surface area contributed by atoms with Crippen LogP contribution in [0.3, 0.4) is 0 Å². The molecule has 2 aromatic carbocycles. The molecule has 0 aliphatic rings. The van der Waals surface area contributed by atoms with Crippen molar-refractivity contribution in [1.29, 1.82) is 0 Å². The van der Waals surface area contributed by atoms with E-state index < -0.39 is 15.9 Å². The summed E-state index contributed by atoms with van der Waals surface area (Å²) >= 11 is 0. The molecule has 0 atom stereocenters. The molecule has 0 fully saturated rings. The van der Waals surface area contributed by atoms with Gasteiger partial charge in [-0.05, 0) is 48.5 Å². The maximum Gasteiger partial charge on any atom is 0.264 e. The minimum Gasteiger partial charge on any atom is -0.497 e. The minimum absolute atomic E-state index is 0.229. The second-order valence-corrected chi connectivity index (χ2v) is 6.25. The fourth-order valence-electron chi connectivity index (χ4n) is 1.68. The molecular weight excluding hydrogens is 306 g/mol. The molecule has 2 rings (SSSR count). The molecule has 0 saturated heterocycles. The average molecular weight is 321 g/mol. The van der Waals surface area contributed by atoms with Gasteiger partial charge in [-0.15, -0.1) is 0 Å². The monoisotopic (exact) mass is 321 g/mol. The first-order valence-electron chi connectivity index (χ1n) is 6.31. The van der Waals surface area contributed by atoms with Crippen LogP contribution in [0.15, 0.2) is 48.5 Å². The van der Waals surface area contributed by atoms with Crippen molar-refractivity contribution in [3.8, 4) is 17.2 Å². The molecule has 0 spiro atoms. The number of methoxy groups -OCH3 is 1. The first kappa shape index (κ1) is 15.8. The van der Waals surface area contributed by atoms with E-state index in [9.17, 15) is 13.2 Å². The number of nitrogens with one attached hydrogen (secondary N) is 1. The average Bonchev–Trinajstić information content (AvgIpc) is 2.47. The summed E-state index contributed by atoms with van der Waals surface area (Å²) in [6.07, 6.45) is 0.923. The summed E-state index contributed by atoms with van der Waals surface area (Å²) < 4.78 is 34.6. The standard InChI is InChI=1S/C15H15NO5S/c1-20-12-7-9-14(10-8-12)21-13-5-3-11(4-6-13)15(17)16-22(2,18)19/h3-10H,1-2H3,(H,16,17). The summed E-state index contributed by atoms with van der Waals surface area (Å²) in [4.78, 5) is 11.7. The van der Waals surface area contributed by atoms with Crippen molar-refractivity contribution in [3.63, 3.8) is 0 Å². The van der Waals surface area contributed by atoms with E-state index in [1.807, 2.05) is 4.72 Å². The van der Waals surface area contributed by atoms with E-state index in [1.165, 1.54) is 12.1 Å². The number of hydrogen-bond acceptors (Lipinski definition) is 5. The number of sulfonamides is 1. The van der Waals surface area contributed by atoms with E-state index in [0.717, 1.165) is 12.0 Å². The molecule has 0 saturated carbocycles. The molecule has 2 aromatic rings. The van der Waals surface area contributed by atoms with E-state index in [-0.39, 0.29) is 5.56 Å². The van der Waals surface area contributed by atoms with Gasteiger partial charge in [0, 0.05) is 5.56 Å². The topological polar surface area (TPSA) is 81.7 Å². The van der Waals surface area contributed by atoms with E-state index in [4.69, 9.17) is 9.47 Å². The van der Waals surface area contributed by atoms with E-state index in [2.05, 4.69) is 0 Å².